The first kappa shape index (κ1) is 12.5. The summed E-state index contributed by atoms with van der Waals surface area (Å²) in [5.74, 6) is 1.03. The van der Waals surface area contributed by atoms with Crippen molar-refractivity contribution < 1.29 is 14.6 Å². The molecule has 1 aliphatic heterocycles. The molecule has 1 N–H and O–H groups in total. The number of carbonyl (C=O) groups is 1. The number of amides is 1. The fourth-order valence-corrected chi connectivity index (χ4v) is 2.68. The number of carbonyl (C=O) groups excluding carboxylic acids is 1. The van der Waals surface area contributed by atoms with Crippen LogP contribution in [0.25, 0.3) is 0 Å². The van der Waals surface area contributed by atoms with Crippen LogP contribution < -0.4 is 4.74 Å². The number of ether oxygens (including phenoxy) is 1. The van der Waals surface area contributed by atoms with Gasteiger partial charge < -0.3 is 14.7 Å². The standard InChI is InChI=1S/C15H19NO3/c1-16(14(18)15(10-17)5-6-15)9-11-2-3-13-12(8-11)4-7-19-13/h2-3,8,17H,4-7,9-10H2,1H3. The Hall–Kier alpha value is -1.55. The van der Waals surface area contributed by atoms with Crippen LogP contribution in [0, 0.1) is 5.41 Å². The van der Waals surface area contributed by atoms with Gasteiger partial charge in [-0.15, -0.1) is 0 Å². The molecule has 1 amide bonds. The summed E-state index contributed by atoms with van der Waals surface area (Å²) >= 11 is 0. The highest BCUT2D eigenvalue weighted by Gasteiger charge is 2.50. The van der Waals surface area contributed by atoms with E-state index in [1.807, 2.05) is 19.2 Å². The Morgan fingerprint density at radius 3 is 2.95 bits per heavy atom. The molecule has 19 heavy (non-hydrogen) atoms. The minimum absolute atomic E-state index is 0.0335. The molecular weight excluding hydrogens is 242 g/mol. The maximum atomic E-state index is 12.2. The van der Waals surface area contributed by atoms with Gasteiger partial charge in [0, 0.05) is 20.0 Å². The highest BCUT2D eigenvalue weighted by Crippen LogP contribution is 2.46. The van der Waals surface area contributed by atoms with Crippen LogP contribution in [0.2, 0.25) is 0 Å². The van der Waals surface area contributed by atoms with E-state index in [-0.39, 0.29) is 12.5 Å². The third-order valence-corrected chi connectivity index (χ3v) is 4.13. The van der Waals surface area contributed by atoms with Crippen LogP contribution >= 0.6 is 0 Å². The minimum atomic E-state index is -0.478. The van der Waals surface area contributed by atoms with Gasteiger partial charge in [0.1, 0.15) is 5.75 Å². The molecule has 4 nitrogen and oxygen atoms in total. The highest BCUT2D eigenvalue weighted by molar-refractivity contribution is 5.85. The zero-order valence-corrected chi connectivity index (χ0v) is 11.2. The predicted molar refractivity (Wildman–Crippen MR) is 70.9 cm³/mol. The van der Waals surface area contributed by atoms with Gasteiger partial charge in [0.15, 0.2) is 0 Å². The zero-order valence-electron chi connectivity index (χ0n) is 11.2. The molecule has 4 heteroatoms. The van der Waals surface area contributed by atoms with E-state index >= 15 is 0 Å². The Bertz CT molecular complexity index is 508. The molecular formula is C15H19NO3. The van der Waals surface area contributed by atoms with Crippen molar-refractivity contribution in [3.05, 3.63) is 29.3 Å². The van der Waals surface area contributed by atoms with Crippen molar-refractivity contribution in [1.82, 2.24) is 4.90 Å². The first-order valence-corrected chi connectivity index (χ1v) is 6.76. The largest absolute Gasteiger partial charge is 0.493 e. The van der Waals surface area contributed by atoms with E-state index in [0.717, 1.165) is 37.2 Å². The van der Waals surface area contributed by atoms with Gasteiger partial charge in [0.25, 0.3) is 0 Å². The number of nitrogens with zero attached hydrogens (tertiary/aromatic N) is 1. The summed E-state index contributed by atoms with van der Waals surface area (Å²) < 4.78 is 5.47. The molecule has 0 atom stereocenters. The second-order valence-electron chi connectivity index (χ2n) is 5.64. The molecule has 2 aliphatic rings. The molecule has 1 aromatic rings. The number of rotatable bonds is 4. The van der Waals surface area contributed by atoms with Crippen molar-refractivity contribution in [2.45, 2.75) is 25.8 Å². The van der Waals surface area contributed by atoms with Gasteiger partial charge in [-0.3, -0.25) is 4.79 Å². The van der Waals surface area contributed by atoms with Gasteiger partial charge in [-0.2, -0.15) is 0 Å². The summed E-state index contributed by atoms with van der Waals surface area (Å²) in [5, 5.41) is 9.30. The van der Waals surface area contributed by atoms with E-state index in [2.05, 4.69) is 6.07 Å². The average Bonchev–Trinajstić information content (AvgIpc) is 3.09. The average molecular weight is 261 g/mol. The molecule has 0 bridgehead atoms. The van der Waals surface area contributed by atoms with E-state index < -0.39 is 5.41 Å². The van der Waals surface area contributed by atoms with Crippen LogP contribution in [0.5, 0.6) is 5.75 Å². The molecule has 1 fully saturated rings. The Morgan fingerprint density at radius 2 is 2.26 bits per heavy atom. The minimum Gasteiger partial charge on any atom is -0.493 e. The first-order chi connectivity index (χ1) is 9.14. The smallest absolute Gasteiger partial charge is 0.231 e. The Kier molecular flexibility index (Phi) is 2.97. The van der Waals surface area contributed by atoms with Gasteiger partial charge in [-0.05, 0) is 30.0 Å². The summed E-state index contributed by atoms with van der Waals surface area (Å²) in [5.41, 5.74) is 1.87. The highest BCUT2D eigenvalue weighted by atomic mass is 16.5. The Labute approximate surface area is 113 Å². The van der Waals surface area contributed by atoms with E-state index in [9.17, 15) is 9.90 Å². The summed E-state index contributed by atoms with van der Waals surface area (Å²) in [7, 11) is 1.81. The van der Waals surface area contributed by atoms with Crippen molar-refractivity contribution in [3.63, 3.8) is 0 Å². The van der Waals surface area contributed by atoms with Gasteiger partial charge in [-0.25, -0.2) is 0 Å². The lowest BCUT2D eigenvalue weighted by Gasteiger charge is -2.22. The number of hydrogen-bond donors (Lipinski definition) is 1. The van der Waals surface area contributed by atoms with Crippen LogP contribution in [-0.2, 0) is 17.8 Å². The topological polar surface area (TPSA) is 49.8 Å². The van der Waals surface area contributed by atoms with Crippen LogP contribution in [0.4, 0.5) is 0 Å². The normalized spacial score (nSPS) is 18.6. The SMILES string of the molecule is CN(Cc1ccc2c(c1)CCO2)C(=O)C1(CO)CC1. The van der Waals surface area contributed by atoms with Crippen molar-refractivity contribution in [3.8, 4) is 5.75 Å². The monoisotopic (exact) mass is 261 g/mol. The number of hydrogen-bond acceptors (Lipinski definition) is 3. The van der Waals surface area contributed by atoms with Gasteiger partial charge in [-0.1, -0.05) is 12.1 Å². The number of aliphatic hydroxyl groups excluding tert-OH is 1. The zero-order chi connectivity index (χ0) is 13.5. The molecule has 0 aromatic heterocycles. The summed E-state index contributed by atoms with van der Waals surface area (Å²) in [6.45, 7) is 1.31. The maximum absolute atomic E-state index is 12.2. The lowest BCUT2D eigenvalue weighted by atomic mass is 10.1. The second-order valence-corrected chi connectivity index (χ2v) is 5.64. The third kappa shape index (κ3) is 2.21. The lowest BCUT2D eigenvalue weighted by Crippen LogP contribution is -2.35. The molecule has 3 rings (SSSR count). The van der Waals surface area contributed by atoms with Crippen molar-refractivity contribution in [2.75, 3.05) is 20.3 Å². The third-order valence-electron chi connectivity index (χ3n) is 4.13. The van der Waals surface area contributed by atoms with Crippen molar-refractivity contribution >= 4 is 5.91 Å². The Balaban J connectivity index is 1.69. The molecule has 102 valence electrons. The molecule has 0 spiro atoms. The molecule has 0 saturated heterocycles. The van der Waals surface area contributed by atoms with Crippen molar-refractivity contribution in [2.24, 2.45) is 5.41 Å². The Morgan fingerprint density at radius 1 is 1.47 bits per heavy atom. The fourth-order valence-electron chi connectivity index (χ4n) is 2.68. The molecule has 1 aliphatic carbocycles. The van der Waals surface area contributed by atoms with Crippen LogP contribution in [0.1, 0.15) is 24.0 Å². The number of fused-ring (bicyclic) bond motifs is 1. The first-order valence-electron chi connectivity index (χ1n) is 6.76. The predicted octanol–water partition coefficient (Wildman–Crippen LogP) is 1.35. The van der Waals surface area contributed by atoms with Crippen molar-refractivity contribution in [1.29, 1.82) is 0 Å². The fraction of sp³-hybridized carbons (Fsp3) is 0.533. The quantitative estimate of drug-likeness (QED) is 0.890. The van der Waals surface area contributed by atoms with E-state index in [0.29, 0.717) is 6.54 Å². The number of benzene rings is 1. The van der Waals surface area contributed by atoms with Gasteiger partial charge >= 0.3 is 0 Å². The summed E-state index contributed by atoms with van der Waals surface area (Å²) in [6.07, 6.45) is 2.57. The van der Waals surface area contributed by atoms with Gasteiger partial charge in [0.2, 0.25) is 5.91 Å². The molecule has 1 heterocycles. The molecule has 0 unspecified atom stereocenters. The molecule has 1 aromatic carbocycles. The van der Waals surface area contributed by atoms with E-state index in [1.165, 1.54) is 5.56 Å². The van der Waals surface area contributed by atoms with Crippen LogP contribution in [0.15, 0.2) is 18.2 Å². The molecule has 0 radical (unpaired) electrons. The second kappa shape index (κ2) is 4.53. The van der Waals surface area contributed by atoms with E-state index in [1.54, 1.807) is 4.90 Å². The maximum Gasteiger partial charge on any atom is 0.231 e. The lowest BCUT2D eigenvalue weighted by molar-refractivity contribution is -0.137. The van der Waals surface area contributed by atoms with Gasteiger partial charge in [0.05, 0.1) is 18.6 Å². The summed E-state index contributed by atoms with van der Waals surface area (Å²) in [4.78, 5) is 14.0. The van der Waals surface area contributed by atoms with Crippen LogP contribution in [-0.4, -0.2) is 36.2 Å². The number of aliphatic hydroxyl groups is 1. The molecule has 1 saturated carbocycles. The van der Waals surface area contributed by atoms with Crippen LogP contribution in [0.3, 0.4) is 0 Å². The van der Waals surface area contributed by atoms with E-state index in [4.69, 9.17) is 4.74 Å². The summed E-state index contributed by atoms with van der Waals surface area (Å²) in [6, 6.07) is 6.10.